The Kier molecular flexibility index (Phi) is 3.58. The third kappa shape index (κ3) is 2.91. The lowest BCUT2D eigenvalue weighted by Crippen LogP contribution is -2.16. The zero-order valence-corrected chi connectivity index (χ0v) is 12.0. The van der Waals surface area contributed by atoms with E-state index in [2.05, 4.69) is 37.4 Å². The molecule has 1 fully saturated rings. The molecule has 1 saturated carbocycles. The second-order valence-electron chi connectivity index (χ2n) is 5.78. The molecule has 104 valence electrons. The molecule has 0 heterocycles. The molecule has 0 amide bonds. The van der Waals surface area contributed by atoms with Gasteiger partial charge in [0.25, 0.3) is 0 Å². The third-order valence-electron chi connectivity index (χ3n) is 3.90. The number of hydrogen-bond acceptors (Lipinski definition) is 1. The highest BCUT2D eigenvalue weighted by atomic mass is 19.1. The van der Waals surface area contributed by atoms with Crippen molar-refractivity contribution >= 4 is 0 Å². The highest BCUT2D eigenvalue weighted by molar-refractivity contribution is 5.71. The minimum atomic E-state index is -0.171. The maximum absolute atomic E-state index is 13.6. The van der Waals surface area contributed by atoms with Crippen LogP contribution >= 0.6 is 0 Å². The van der Waals surface area contributed by atoms with Gasteiger partial charge in [0.15, 0.2) is 0 Å². The molecule has 1 aliphatic rings. The van der Waals surface area contributed by atoms with Gasteiger partial charge in [-0.2, -0.15) is 0 Å². The van der Waals surface area contributed by atoms with Crippen LogP contribution in [0.5, 0.6) is 0 Å². The van der Waals surface area contributed by atoms with Gasteiger partial charge in [-0.15, -0.1) is 0 Å². The molecule has 0 aromatic heterocycles. The largest absolute Gasteiger partial charge is 0.310 e. The summed E-state index contributed by atoms with van der Waals surface area (Å²) < 4.78 is 13.6. The highest BCUT2D eigenvalue weighted by Gasteiger charge is 2.20. The van der Waals surface area contributed by atoms with Gasteiger partial charge in [-0.3, -0.25) is 0 Å². The Morgan fingerprint density at radius 3 is 2.55 bits per heavy atom. The fourth-order valence-electron chi connectivity index (χ4n) is 2.61. The maximum atomic E-state index is 13.6. The van der Waals surface area contributed by atoms with Crippen molar-refractivity contribution < 1.29 is 4.39 Å². The summed E-state index contributed by atoms with van der Waals surface area (Å²) in [5.41, 5.74) is 5.74. The highest BCUT2D eigenvalue weighted by Crippen LogP contribution is 2.29. The topological polar surface area (TPSA) is 12.0 Å². The van der Waals surface area contributed by atoms with Crippen molar-refractivity contribution in [1.29, 1.82) is 0 Å². The van der Waals surface area contributed by atoms with Gasteiger partial charge in [-0.05, 0) is 61.1 Å². The third-order valence-corrected chi connectivity index (χ3v) is 3.90. The summed E-state index contributed by atoms with van der Waals surface area (Å²) in [5.74, 6) is -0.171. The number of benzene rings is 2. The van der Waals surface area contributed by atoms with Crippen LogP contribution in [-0.4, -0.2) is 6.04 Å². The molecule has 2 heteroatoms. The molecule has 0 bridgehead atoms. The van der Waals surface area contributed by atoms with Crippen molar-refractivity contribution in [3.8, 4) is 11.1 Å². The summed E-state index contributed by atoms with van der Waals surface area (Å²) in [4.78, 5) is 0. The monoisotopic (exact) mass is 269 g/mol. The fraction of sp³-hybridized carbons (Fsp3) is 0.333. The predicted octanol–water partition coefficient (Wildman–Crippen LogP) is 4.36. The van der Waals surface area contributed by atoms with Crippen LogP contribution in [0.2, 0.25) is 0 Å². The molecule has 0 atom stereocenters. The fourth-order valence-corrected chi connectivity index (χ4v) is 2.61. The molecule has 0 spiro atoms. The molecule has 0 saturated heterocycles. The summed E-state index contributed by atoms with van der Waals surface area (Å²) in [6, 6.07) is 12.1. The summed E-state index contributed by atoms with van der Waals surface area (Å²) in [5, 5.41) is 3.51. The minimum Gasteiger partial charge on any atom is -0.310 e. The van der Waals surface area contributed by atoms with Crippen molar-refractivity contribution in [1.82, 2.24) is 5.32 Å². The van der Waals surface area contributed by atoms with Crippen LogP contribution in [0.1, 0.15) is 29.5 Å². The molecule has 0 radical (unpaired) electrons. The van der Waals surface area contributed by atoms with E-state index < -0.39 is 0 Å². The minimum absolute atomic E-state index is 0.171. The first-order valence-electron chi connectivity index (χ1n) is 7.23. The van der Waals surface area contributed by atoms with Crippen molar-refractivity contribution in [3.05, 3.63) is 58.9 Å². The SMILES string of the molecule is Cc1ccc(-c2cc(F)ccc2CNC2CC2)c(C)c1. The van der Waals surface area contributed by atoms with E-state index in [1.54, 1.807) is 12.1 Å². The molecule has 1 nitrogen and oxygen atoms in total. The van der Waals surface area contributed by atoms with Crippen LogP contribution in [0, 0.1) is 19.7 Å². The number of nitrogens with one attached hydrogen (secondary N) is 1. The van der Waals surface area contributed by atoms with Gasteiger partial charge in [0.05, 0.1) is 0 Å². The first-order valence-corrected chi connectivity index (χ1v) is 7.23. The van der Waals surface area contributed by atoms with E-state index in [0.717, 1.165) is 17.7 Å². The summed E-state index contributed by atoms with van der Waals surface area (Å²) in [6.45, 7) is 4.98. The predicted molar refractivity (Wildman–Crippen MR) is 81.2 cm³/mol. The Morgan fingerprint density at radius 2 is 1.85 bits per heavy atom. The Balaban J connectivity index is 1.98. The van der Waals surface area contributed by atoms with Crippen molar-refractivity contribution in [2.75, 3.05) is 0 Å². The summed E-state index contributed by atoms with van der Waals surface area (Å²) >= 11 is 0. The summed E-state index contributed by atoms with van der Waals surface area (Å²) in [7, 11) is 0. The molecule has 2 aromatic rings. The lowest BCUT2D eigenvalue weighted by atomic mass is 9.94. The van der Waals surface area contributed by atoms with Gasteiger partial charge in [-0.25, -0.2) is 4.39 Å². The molecule has 0 aliphatic heterocycles. The Labute approximate surface area is 119 Å². The van der Waals surface area contributed by atoms with Crippen LogP contribution in [0.25, 0.3) is 11.1 Å². The number of rotatable bonds is 4. The van der Waals surface area contributed by atoms with Crippen LogP contribution in [0.15, 0.2) is 36.4 Å². The van der Waals surface area contributed by atoms with E-state index >= 15 is 0 Å². The molecule has 1 aliphatic carbocycles. The molecule has 1 N–H and O–H groups in total. The zero-order valence-electron chi connectivity index (χ0n) is 12.0. The van der Waals surface area contributed by atoms with Gasteiger partial charge >= 0.3 is 0 Å². The molecule has 20 heavy (non-hydrogen) atoms. The van der Waals surface area contributed by atoms with Crippen molar-refractivity contribution in [2.45, 2.75) is 39.3 Å². The second-order valence-corrected chi connectivity index (χ2v) is 5.78. The quantitative estimate of drug-likeness (QED) is 0.869. The zero-order chi connectivity index (χ0) is 14.1. The van der Waals surface area contributed by atoms with Crippen molar-refractivity contribution in [2.24, 2.45) is 0 Å². The Hall–Kier alpha value is -1.67. The standard InChI is InChI=1S/C18H20FN/c1-12-3-8-17(13(2)9-12)18-10-15(19)5-4-14(18)11-20-16-6-7-16/h3-5,8-10,16,20H,6-7,11H2,1-2H3. The molecular formula is C18H20FN. The van der Waals surface area contributed by atoms with Crippen LogP contribution in [-0.2, 0) is 6.54 Å². The molecule has 0 unspecified atom stereocenters. The first kappa shape index (κ1) is 13.3. The Morgan fingerprint density at radius 1 is 1.05 bits per heavy atom. The Bertz CT molecular complexity index is 629. The van der Waals surface area contributed by atoms with Gasteiger partial charge < -0.3 is 5.32 Å². The molecule has 3 rings (SSSR count). The van der Waals surface area contributed by atoms with Crippen LogP contribution < -0.4 is 5.32 Å². The van der Waals surface area contributed by atoms with Crippen LogP contribution in [0.3, 0.4) is 0 Å². The lowest BCUT2D eigenvalue weighted by Gasteiger charge is -2.13. The van der Waals surface area contributed by atoms with E-state index in [4.69, 9.17) is 0 Å². The summed E-state index contributed by atoms with van der Waals surface area (Å²) in [6.07, 6.45) is 2.53. The number of aryl methyl sites for hydroxylation is 2. The number of hydrogen-bond donors (Lipinski definition) is 1. The van der Waals surface area contributed by atoms with Gasteiger partial charge in [0.2, 0.25) is 0 Å². The lowest BCUT2D eigenvalue weighted by molar-refractivity contribution is 0.625. The van der Waals surface area contributed by atoms with E-state index in [1.165, 1.54) is 29.5 Å². The van der Waals surface area contributed by atoms with Crippen LogP contribution in [0.4, 0.5) is 4.39 Å². The molecule has 2 aromatic carbocycles. The van der Waals surface area contributed by atoms with Gasteiger partial charge in [0.1, 0.15) is 5.82 Å². The van der Waals surface area contributed by atoms with Gasteiger partial charge in [-0.1, -0.05) is 29.8 Å². The van der Waals surface area contributed by atoms with E-state index in [1.807, 2.05) is 6.07 Å². The number of halogens is 1. The first-order chi connectivity index (χ1) is 9.63. The van der Waals surface area contributed by atoms with E-state index in [-0.39, 0.29) is 5.82 Å². The average Bonchev–Trinajstić information content (AvgIpc) is 3.21. The maximum Gasteiger partial charge on any atom is 0.123 e. The molecular weight excluding hydrogens is 249 g/mol. The normalized spacial score (nSPS) is 14.6. The van der Waals surface area contributed by atoms with Gasteiger partial charge in [0, 0.05) is 12.6 Å². The van der Waals surface area contributed by atoms with E-state index in [0.29, 0.717) is 6.04 Å². The van der Waals surface area contributed by atoms with Crippen molar-refractivity contribution in [3.63, 3.8) is 0 Å². The van der Waals surface area contributed by atoms with E-state index in [9.17, 15) is 4.39 Å². The smallest absolute Gasteiger partial charge is 0.123 e. The second kappa shape index (κ2) is 5.37. The average molecular weight is 269 g/mol.